The molecule has 0 aliphatic carbocycles. The van der Waals surface area contributed by atoms with Crippen LogP contribution < -0.4 is 10.6 Å². The summed E-state index contributed by atoms with van der Waals surface area (Å²) in [7, 11) is 0. The Morgan fingerprint density at radius 1 is 1.14 bits per heavy atom. The average molecular weight is 427 g/mol. The third kappa shape index (κ3) is 4.26. The van der Waals surface area contributed by atoms with Gasteiger partial charge in [0.05, 0.1) is 0 Å². The van der Waals surface area contributed by atoms with Crippen LogP contribution in [0.25, 0.3) is 5.65 Å². The second kappa shape index (κ2) is 7.86. The minimum Gasteiger partial charge on any atom is -0.368 e. The second-order valence-corrected chi connectivity index (χ2v) is 6.90. The van der Waals surface area contributed by atoms with E-state index in [0.717, 1.165) is 5.56 Å². The topological polar surface area (TPSA) is 84.2 Å². The van der Waals surface area contributed by atoms with Crippen LogP contribution in [0.1, 0.15) is 28.9 Å². The Morgan fingerprint density at radius 3 is 2.55 bits per heavy atom. The van der Waals surface area contributed by atoms with Crippen molar-refractivity contribution < 1.29 is 18.0 Å². The first kappa shape index (κ1) is 20.8. The molecular weight excluding hydrogens is 409 g/mol. The van der Waals surface area contributed by atoms with Crippen LogP contribution in [0, 0.1) is 20.8 Å². The van der Waals surface area contributed by atoms with E-state index in [1.807, 2.05) is 0 Å². The number of rotatable bonds is 5. The fourth-order valence-corrected chi connectivity index (χ4v) is 2.90. The van der Waals surface area contributed by atoms with E-state index in [2.05, 4.69) is 25.9 Å². The van der Waals surface area contributed by atoms with Gasteiger partial charge in [-0.15, -0.1) is 15.3 Å². The lowest BCUT2D eigenvalue weighted by Crippen LogP contribution is -2.19. The molecule has 0 spiro atoms. The predicted octanol–water partition coefficient (Wildman–Crippen LogP) is 4.16. The Bertz CT molecular complexity index is 1080. The maximum absolute atomic E-state index is 13.1. The van der Waals surface area contributed by atoms with Gasteiger partial charge in [-0.2, -0.15) is 17.7 Å². The van der Waals surface area contributed by atoms with Crippen LogP contribution in [0.4, 0.5) is 24.7 Å². The van der Waals surface area contributed by atoms with Crippen molar-refractivity contribution in [1.82, 2.24) is 19.8 Å². The van der Waals surface area contributed by atoms with Gasteiger partial charge in [0.15, 0.2) is 5.65 Å². The van der Waals surface area contributed by atoms with E-state index in [-0.39, 0.29) is 30.3 Å². The van der Waals surface area contributed by atoms with Crippen molar-refractivity contribution in [1.29, 1.82) is 0 Å². The predicted molar refractivity (Wildman–Crippen MR) is 103 cm³/mol. The Balaban J connectivity index is 1.72. The van der Waals surface area contributed by atoms with Gasteiger partial charge in [0.1, 0.15) is 5.82 Å². The van der Waals surface area contributed by atoms with Crippen molar-refractivity contribution in [2.45, 2.75) is 33.4 Å². The van der Waals surface area contributed by atoms with Crippen molar-refractivity contribution in [2.75, 3.05) is 17.2 Å². The molecule has 0 unspecified atom stereocenters. The molecule has 2 heterocycles. The van der Waals surface area contributed by atoms with Crippen LogP contribution >= 0.6 is 11.6 Å². The van der Waals surface area contributed by atoms with Gasteiger partial charge in [0.25, 0.3) is 5.82 Å². The number of benzene rings is 1. The largest absolute Gasteiger partial charge is 0.453 e. The third-order valence-corrected chi connectivity index (χ3v) is 4.94. The molecule has 3 rings (SSSR count). The lowest BCUT2D eigenvalue weighted by atomic mass is 10.2. The van der Waals surface area contributed by atoms with Gasteiger partial charge in [-0.1, -0.05) is 17.7 Å². The maximum Gasteiger partial charge on any atom is 0.453 e. The molecule has 3 aromatic rings. The van der Waals surface area contributed by atoms with Crippen LogP contribution in [0.3, 0.4) is 0 Å². The summed E-state index contributed by atoms with van der Waals surface area (Å²) in [5.41, 5.74) is 2.54. The van der Waals surface area contributed by atoms with Crippen molar-refractivity contribution in [2.24, 2.45) is 0 Å². The number of carbonyl (C=O) groups excluding carboxylic acids is 1. The van der Waals surface area contributed by atoms with Gasteiger partial charge in [-0.05, 0) is 44.0 Å². The zero-order valence-electron chi connectivity index (χ0n) is 15.9. The van der Waals surface area contributed by atoms with Gasteiger partial charge in [0.2, 0.25) is 5.91 Å². The number of alkyl halides is 3. The number of nitrogens with zero attached hydrogens (tertiary/aromatic N) is 4. The second-order valence-electron chi connectivity index (χ2n) is 6.49. The van der Waals surface area contributed by atoms with E-state index in [9.17, 15) is 18.0 Å². The molecule has 29 heavy (non-hydrogen) atoms. The smallest absolute Gasteiger partial charge is 0.368 e. The molecule has 1 aromatic carbocycles. The lowest BCUT2D eigenvalue weighted by Gasteiger charge is -2.13. The Kier molecular flexibility index (Phi) is 5.65. The van der Waals surface area contributed by atoms with Crippen LogP contribution in [0.15, 0.2) is 18.2 Å². The molecule has 11 heteroatoms. The number of hydrogen-bond acceptors (Lipinski definition) is 5. The molecule has 7 nitrogen and oxygen atoms in total. The zero-order valence-corrected chi connectivity index (χ0v) is 16.6. The van der Waals surface area contributed by atoms with Crippen molar-refractivity contribution in [3.8, 4) is 0 Å². The first-order valence-corrected chi connectivity index (χ1v) is 9.06. The zero-order chi connectivity index (χ0) is 21.3. The number of aryl methyl sites for hydroxylation is 1. The number of halogens is 4. The minimum absolute atomic E-state index is 0.0366. The SMILES string of the molecule is Cc1c(Cl)cccc1NC(=O)CCNc1nn2c(C(F)(F)F)nnc2c(C)c1C. The van der Waals surface area contributed by atoms with Crippen LogP contribution in [-0.2, 0) is 11.0 Å². The highest BCUT2D eigenvalue weighted by Crippen LogP contribution is 2.29. The van der Waals surface area contributed by atoms with Crippen LogP contribution in [-0.4, -0.2) is 32.3 Å². The molecule has 2 N–H and O–H groups in total. The minimum atomic E-state index is -4.68. The first-order chi connectivity index (χ1) is 13.6. The summed E-state index contributed by atoms with van der Waals surface area (Å²) in [6.07, 6.45) is -4.60. The van der Waals surface area contributed by atoms with Gasteiger partial charge < -0.3 is 10.6 Å². The molecule has 154 valence electrons. The molecule has 0 saturated heterocycles. The molecular formula is C18H18ClF3N6O. The maximum atomic E-state index is 13.1. The number of carbonyl (C=O) groups is 1. The number of hydrogen-bond donors (Lipinski definition) is 2. The van der Waals surface area contributed by atoms with Crippen LogP contribution in [0.5, 0.6) is 0 Å². The van der Waals surface area contributed by atoms with Gasteiger partial charge in [0, 0.05) is 29.2 Å². The fourth-order valence-electron chi connectivity index (χ4n) is 2.72. The first-order valence-electron chi connectivity index (χ1n) is 8.68. The van der Waals surface area contributed by atoms with E-state index in [1.165, 1.54) is 0 Å². The third-order valence-electron chi connectivity index (χ3n) is 4.53. The number of nitrogens with one attached hydrogen (secondary N) is 2. The Labute approximate surface area is 169 Å². The van der Waals surface area contributed by atoms with Gasteiger partial charge >= 0.3 is 6.18 Å². The summed E-state index contributed by atoms with van der Waals surface area (Å²) in [5, 5.41) is 17.0. The molecule has 0 saturated carbocycles. The Hall–Kier alpha value is -2.88. The molecule has 0 fully saturated rings. The molecule has 0 radical (unpaired) electrons. The molecule has 2 aromatic heterocycles. The van der Waals surface area contributed by atoms with Gasteiger partial charge in [-0.25, -0.2) is 0 Å². The standard InChI is InChI=1S/C18H18ClF3N6O/c1-9-10(2)16-25-26-17(18(20,21)22)28(16)27-15(9)23-8-7-14(29)24-13-6-4-5-12(19)11(13)3/h4-6H,7-8H2,1-3H3,(H,23,27)(H,24,29). The van der Waals surface area contributed by atoms with E-state index < -0.39 is 12.0 Å². The average Bonchev–Trinajstić information content (AvgIpc) is 3.07. The van der Waals surface area contributed by atoms with E-state index in [0.29, 0.717) is 26.4 Å². The summed E-state index contributed by atoms with van der Waals surface area (Å²) >= 11 is 6.03. The molecule has 0 aliphatic rings. The number of anilines is 2. The summed E-state index contributed by atoms with van der Waals surface area (Å²) in [6, 6.07) is 5.19. The molecule has 0 aliphatic heterocycles. The molecule has 0 bridgehead atoms. The molecule has 0 atom stereocenters. The monoisotopic (exact) mass is 426 g/mol. The Morgan fingerprint density at radius 2 is 1.86 bits per heavy atom. The lowest BCUT2D eigenvalue weighted by molar-refractivity contribution is -0.146. The summed E-state index contributed by atoms with van der Waals surface area (Å²) in [6.45, 7) is 5.32. The normalized spacial score (nSPS) is 11.7. The number of fused-ring (bicyclic) bond motifs is 1. The van der Waals surface area contributed by atoms with Gasteiger partial charge in [-0.3, -0.25) is 4.79 Å². The van der Waals surface area contributed by atoms with Crippen LogP contribution in [0.2, 0.25) is 5.02 Å². The van der Waals surface area contributed by atoms with Crippen molar-refractivity contribution in [3.63, 3.8) is 0 Å². The van der Waals surface area contributed by atoms with Crippen molar-refractivity contribution in [3.05, 3.63) is 45.7 Å². The van der Waals surface area contributed by atoms with E-state index in [4.69, 9.17) is 11.6 Å². The summed E-state index contributed by atoms with van der Waals surface area (Å²) < 4.78 is 40.0. The number of aromatic nitrogens is 4. The highest BCUT2D eigenvalue weighted by Gasteiger charge is 2.38. The van der Waals surface area contributed by atoms with E-state index in [1.54, 1.807) is 39.0 Å². The quantitative estimate of drug-likeness (QED) is 0.640. The highest BCUT2D eigenvalue weighted by atomic mass is 35.5. The molecule has 1 amide bonds. The number of amides is 1. The summed E-state index contributed by atoms with van der Waals surface area (Å²) in [4.78, 5) is 12.2. The van der Waals surface area contributed by atoms with Crippen molar-refractivity contribution >= 4 is 34.7 Å². The fraction of sp³-hybridized carbons (Fsp3) is 0.333. The van der Waals surface area contributed by atoms with E-state index >= 15 is 0 Å². The highest BCUT2D eigenvalue weighted by molar-refractivity contribution is 6.31. The summed E-state index contributed by atoms with van der Waals surface area (Å²) in [5.74, 6) is -1.24.